The van der Waals surface area contributed by atoms with Gasteiger partial charge in [0.2, 0.25) is 6.29 Å². The molecule has 0 bridgehead atoms. The zero-order chi connectivity index (χ0) is 26.7. The molecule has 0 spiro atoms. The smallest absolute Gasteiger partial charge is 0.331 e. The van der Waals surface area contributed by atoms with Crippen LogP contribution in [-0.4, -0.2) is 70.8 Å². The molecule has 2 N–H and O–H groups in total. The molecular formula is C29H38O9. The van der Waals surface area contributed by atoms with Crippen LogP contribution in [0.15, 0.2) is 11.6 Å². The summed E-state index contributed by atoms with van der Waals surface area (Å²) in [6.07, 6.45) is 5.80. The van der Waals surface area contributed by atoms with E-state index in [0.717, 1.165) is 44.0 Å². The quantitative estimate of drug-likeness (QED) is 0.314. The van der Waals surface area contributed by atoms with Gasteiger partial charge in [-0.2, -0.15) is 0 Å². The number of carbonyl (C=O) groups excluding carboxylic acids is 3. The van der Waals surface area contributed by atoms with Gasteiger partial charge in [0.25, 0.3) is 5.79 Å². The molecule has 3 aliphatic heterocycles. The Morgan fingerprint density at radius 2 is 1.84 bits per heavy atom. The van der Waals surface area contributed by atoms with Gasteiger partial charge in [-0.25, -0.2) is 4.79 Å². The van der Waals surface area contributed by atoms with Gasteiger partial charge in [0.05, 0.1) is 23.9 Å². The van der Waals surface area contributed by atoms with Crippen molar-refractivity contribution in [1.29, 1.82) is 0 Å². The average molecular weight is 531 g/mol. The second kappa shape index (κ2) is 8.19. The van der Waals surface area contributed by atoms with Crippen molar-refractivity contribution in [1.82, 2.24) is 0 Å². The van der Waals surface area contributed by atoms with Gasteiger partial charge in [-0.05, 0) is 87.5 Å². The number of Topliss-reactive ketones (excluding diaryl/α,β-unsaturated/α-hetero) is 1. The minimum atomic E-state index is -2.16. The van der Waals surface area contributed by atoms with Crippen LogP contribution in [0.1, 0.15) is 71.6 Å². The third-order valence-electron chi connectivity index (χ3n) is 11.9. The number of esters is 1. The summed E-state index contributed by atoms with van der Waals surface area (Å²) >= 11 is 0. The van der Waals surface area contributed by atoms with Gasteiger partial charge in [0.15, 0.2) is 5.78 Å². The van der Waals surface area contributed by atoms with Crippen LogP contribution in [0.25, 0.3) is 0 Å². The summed E-state index contributed by atoms with van der Waals surface area (Å²) in [5.41, 5.74) is -1.07. The fraction of sp³-hybridized carbons (Fsp3) is 0.828. The first kappa shape index (κ1) is 25.3. The topological polar surface area (TPSA) is 129 Å². The van der Waals surface area contributed by atoms with Gasteiger partial charge < -0.3 is 34.0 Å². The minimum absolute atomic E-state index is 0.0266. The summed E-state index contributed by atoms with van der Waals surface area (Å²) < 4.78 is 23.3. The Labute approximate surface area is 222 Å². The van der Waals surface area contributed by atoms with Crippen LogP contribution in [0.2, 0.25) is 0 Å². The van der Waals surface area contributed by atoms with Gasteiger partial charge in [-0.1, -0.05) is 6.92 Å². The van der Waals surface area contributed by atoms with Gasteiger partial charge in [-0.3, -0.25) is 4.79 Å². The lowest BCUT2D eigenvalue weighted by Crippen LogP contribution is -2.70. The lowest BCUT2D eigenvalue weighted by Gasteiger charge is -2.64. The Bertz CT molecular complexity index is 1100. The molecule has 4 saturated carbocycles. The molecule has 0 unspecified atom stereocenters. The van der Waals surface area contributed by atoms with Crippen molar-refractivity contribution < 1.29 is 43.5 Å². The number of aldehydes is 1. The van der Waals surface area contributed by atoms with Crippen molar-refractivity contribution in [3.8, 4) is 0 Å². The predicted octanol–water partition coefficient (Wildman–Crippen LogP) is 2.21. The molecule has 3 heterocycles. The lowest BCUT2D eigenvalue weighted by molar-refractivity contribution is -0.413. The Balaban J connectivity index is 1.19. The molecule has 4 aliphatic carbocycles. The number of ether oxygens (including phenoxy) is 4. The van der Waals surface area contributed by atoms with E-state index in [1.54, 1.807) is 13.0 Å². The maximum Gasteiger partial charge on any atom is 0.331 e. The summed E-state index contributed by atoms with van der Waals surface area (Å²) in [6.45, 7) is 4.23. The average Bonchev–Trinajstić information content (AvgIpc) is 3.42. The molecule has 208 valence electrons. The van der Waals surface area contributed by atoms with Crippen LogP contribution in [0.3, 0.4) is 0 Å². The lowest BCUT2D eigenvalue weighted by atomic mass is 9.42. The molecule has 0 amide bonds. The minimum Gasteiger partial charge on any atom is -0.458 e. The molecule has 0 aromatic heterocycles. The van der Waals surface area contributed by atoms with Gasteiger partial charge >= 0.3 is 5.97 Å². The van der Waals surface area contributed by atoms with E-state index < -0.39 is 40.4 Å². The van der Waals surface area contributed by atoms with Gasteiger partial charge in [0, 0.05) is 23.3 Å². The highest BCUT2D eigenvalue weighted by atomic mass is 16.8. The van der Waals surface area contributed by atoms with Gasteiger partial charge in [-0.15, -0.1) is 0 Å². The monoisotopic (exact) mass is 530 g/mol. The summed E-state index contributed by atoms with van der Waals surface area (Å²) in [7, 11) is 0. The first-order chi connectivity index (χ1) is 18.0. The van der Waals surface area contributed by atoms with Crippen molar-refractivity contribution in [2.24, 2.45) is 34.5 Å². The van der Waals surface area contributed by atoms with Crippen LogP contribution in [0.4, 0.5) is 0 Å². The van der Waals surface area contributed by atoms with E-state index in [-0.39, 0.29) is 48.3 Å². The molecule has 0 aromatic carbocycles. The Morgan fingerprint density at radius 1 is 1.03 bits per heavy atom. The number of hydrogen-bond donors (Lipinski definition) is 2. The first-order valence-corrected chi connectivity index (χ1v) is 14.3. The molecular weight excluding hydrogens is 492 g/mol. The van der Waals surface area contributed by atoms with Crippen molar-refractivity contribution in [2.45, 2.75) is 108 Å². The predicted molar refractivity (Wildman–Crippen MR) is 130 cm³/mol. The Morgan fingerprint density at radius 3 is 2.58 bits per heavy atom. The van der Waals surface area contributed by atoms with Crippen LogP contribution in [0.5, 0.6) is 0 Å². The van der Waals surface area contributed by atoms with E-state index in [1.807, 2.05) is 0 Å². The fourth-order valence-electron chi connectivity index (χ4n) is 10.1. The molecule has 0 aromatic rings. The number of fused-ring (bicyclic) bond motifs is 7. The van der Waals surface area contributed by atoms with Crippen LogP contribution >= 0.6 is 0 Å². The van der Waals surface area contributed by atoms with E-state index in [2.05, 4.69) is 6.92 Å². The van der Waals surface area contributed by atoms with Crippen LogP contribution in [-0.2, 0) is 33.3 Å². The van der Waals surface area contributed by atoms with Crippen LogP contribution < -0.4 is 0 Å². The number of ketones is 1. The molecule has 6 fully saturated rings. The molecule has 7 aliphatic rings. The molecule has 12 atom stereocenters. The summed E-state index contributed by atoms with van der Waals surface area (Å²) in [6, 6.07) is 0. The van der Waals surface area contributed by atoms with Crippen LogP contribution in [0, 0.1) is 34.5 Å². The molecule has 7 rings (SSSR count). The first-order valence-electron chi connectivity index (χ1n) is 14.3. The third kappa shape index (κ3) is 3.14. The van der Waals surface area contributed by atoms with E-state index in [1.165, 1.54) is 0 Å². The summed E-state index contributed by atoms with van der Waals surface area (Å²) in [4.78, 5) is 37.7. The highest BCUT2D eigenvalue weighted by Gasteiger charge is 2.70. The normalized spacial score (nSPS) is 55.5. The highest BCUT2D eigenvalue weighted by Crippen LogP contribution is 2.70. The van der Waals surface area contributed by atoms with Crippen molar-refractivity contribution in [3.05, 3.63) is 11.6 Å². The SMILES string of the molecule is C[C@@H]1CC(=O)[C@@]2(O)O[C@@H]3C[C@@]4(C=O)[C@@H](CC[C@@H]5[C@H]4CC[C@]4(C)[C@@H](C6=CC(=O)OC6)CC[C@]54O)C[C@H]3O[C@@H]2O1. The maximum absolute atomic E-state index is 13.1. The molecule has 9 nitrogen and oxygen atoms in total. The zero-order valence-electron chi connectivity index (χ0n) is 22.1. The van der Waals surface area contributed by atoms with E-state index in [0.29, 0.717) is 25.9 Å². The Kier molecular flexibility index (Phi) is 5.46. The number of carbonyl (C=O) groups is 3. The second-order valence-corrected chi connectivity index (χ2v) is 13.4. The highest BCUT2D eigenvalue weighted by molar-refractivity contribution is 5.87. The summed E-state index contributed by atoms with van der Waals surface area (Å²) in [5, 5.41) is 23.6. The number of rotatable bonds is 2. The number of aliphatic hydroxyl groups is 2. The third-order valence-corrected chi connectivity index (χ3v) is 11.9. The largest absolute Gasteiger partial charge is 0.458 e. The number of cyclic esters (lactones) is 1. The molecule has 0 radical (unpaired) electrons. The maximum atomic E-state index is 13.1. The van der Waals surface area contributed by atoms with E-state index >= 15 is 0 Å². The van der Waals surface area contributed by atoms with E-state index in [9.17, 15) is 24.6 Å². The van der Waals surface area contributed by atoms with Crippen molar-refractivity contribution in [2.75, 3.05) is 6.61 Å². The second-order valence-electron chi connectivity index (χ2n) is 13.4. The molecule has 2 saturated heterocycles. The van der Waals surface area contributed by atoms with Gasteiger partial charge in [0.1, 0.15) is 12.9 Å². The number of hydrogen-bond acceptors (Lipinski definition) is 9. The van der Waals surface area contributed by atoms with E-state index in [4.69, 9.17) is 18.9 Å². The van der Waals surface area contributed by atoms with Crippen molar-refractivity contribution >= 4 is 18.0 Å². The summed E-state index contributed by atoms with van der Waals surface area (Å²) in [5.74, 6) is -2.84. The Hall–Kier alpha value is -1.65. The fourth-order valence-corrected chi connectivity index (χ4v) is 10.1. The molecule has 9 heteroatoms. The zero-order valence-corrected chi connectivity index (χ0v) is 22.1. The molecule has 38 heavy (non-hydrogen) atoms. The van der Waals surface area contributed by atoms with Crippen molar-refractivity contribution in [3.63, 3.8) is 0 Å². The standard InChI is InChI=1S/C29H38O9/c1-15-9-23(31)29(34)25(36-15)37-21-11-17-3-4-20-19(27(17,14-30)12-22(21)38-29)5-7-26(2)18(6-8-28(20,26)33)16-10-24(32)35-13-16/h10,14-15,17-22,25,33-34H,3-9,11-13H2,1-2H3/t15-,17+,18-,19-,20-,21-,22-,25+,26-,27-,28+,29-/m1/s1.